The van der Waals surface area contributed by atoms with Crippen LogP contribution in [0.1, 0.15) is 0 Å². The Morgan fingerprint density at radius 3 is 3.08 bits per heavy atom. The summed E-state index contributed by atoms with van der Waals surface area (Å²) in [6, 6.07) is 7.62. The highest BCUT2D eigenvalue weighted by Gasteiger charge is 2.26. The van der Waals surface area contributed by atoms with Crippen LogP contribution in [-0.2, 0) is 14.3 Å². The molecule has 132 valence electrons. The number of halogens is 1. The van der Waals surface area contributed by atoms with Crippen molar-refractivity contribution >= 4 is 44.5 Å². The average Bonchev–Trinajstić information content (AvgIpc) is 2.86. The largest absolute Gasteiger partial charge is 0.351 e. The summed E-state index contributed by atoms with van der Waals surface area (Å²) in [5.74, 6) is -0.161. The van der Waals surface area contributed by atoms with Crippen LogP contribution in [0.25, 0.3) is 0 Å². The average molecular weight is 431 g/mol. The molecule has 1 fully saturated rings. The topological polar surface area (TPSA) is 59.9 Å². The van der Waals surface area contributed by atoms with E-state index < -0.39 is 0 Å². The van der Waals surface area contributed by atoms with Crippen molar-refractivity contribution in [2.45, 2.75) is 6.10 Å². The third-order valence-electron chi connectivity index (χ3n) is 3.97. The van der Waals surface area contributed by atoms with E-state index in [1.54, 1.807) is 0 Å². The van der Waals surface area contributed by atoms with Gasteiger partial charge in [0, 0.05) is 4.47 Å². The number of para-hydroxylation sites is 1. The second-order valence-corrected chi connectivity index (χ2v) is 7.60. The van der Waals surface area contributed by atoms with Gasteiger partial charge in [0.15, 0.2) is 5.17 Å². The van der Waals surface area contributed by atoms with Crippen molar-refractivity contribution in [2.75, 3.05) is 13.4 Å². The van der Waals surface area contributed by atoms with E-state index in [9.17, 15) is 4.79 Å². The molecule has 26 heavy (non-hydrogen) atoms. The van der Waals surface area contributed by atoms with Crippen LogP contribution in [0, 0.1) is 0 Å². The molecule has 0 aromatic heterocycles. The molecule has 0 saturated carbocycles. The number of aliphatic imine (C=N–C) groups is 1. The number of carbonyl (C=O) groups excluding carboxylic acids is 1. The van der Waals surface area contributed by atoms with Crippen LogP contribution >= 0.6 is 27.7 Å². The van der Waals surface area contributed by atoms with Gasteiger partial charge in [-0.25, -0.2) is 4.99 Å². The number of amidine groups is 1. The molecular weight excluding hydrogens is 416 g/mol. The van der Waals surface area contributed by atoms with Crippen LogP contribution < -0.4 is 5.32 Å². The molecule has 2 heterocycles. The number of benzene rings is 1. The number of rotatable bonds is 2. The molecule has 1 N–H and O–H groups in total. The van der Waals surface area contributed by atoms with Gasteiger partial charge in [-0.3, -0.25) is 4.79 Å². The fourth-order valence-electron chi connectivity index (χ4n) is 2.73. The third-order valence-corrected chi connectivity index (χ3v) is 5.55. The number of hydrogen-bond donors (Lipinski definition) is 1. The van der Waals surface area contributed by atoms with Gasteiger partial charge in [0.2, 0.25) is 0 Å². The van der Waals surface area contributed by atoms with Crippen molar-refractivity contribution < 1.29 is 14.3 Å². The van der Waals surface area contributed by atoms with E-state index in [1.807, 2.05) is 54.6 Å². The molecule has 1 atom stereocenters. The van der Waals surface area contributed by atoms with Crippen LogP contribution in [0.5, 0.6) is 0 Å². The van der Waals surface area contributed by atoms with E-state index >= 15 is 0 Å². The van der Waals surface area contributed by atoms with Crippen molar-refractivity contribution in [3.63, 3.8) is 0 Å². The van der Waals surface area contributed by atoms with Crippen LogP contribution in [0.4, 0.5) is 5.69 Å². The summed E-state index contributed by atoms with van der Waals surface area (Å²) >= 11 is 4.78. The van der Waals surface area contributed by atoms with Gasteiger partial charge in [0.1, 0.15) is 12.9 Å². The summed E-state index contributed by atoms with van der Waals surface area (Å²) < 4.78 is 12.0. The first kappa shape index (κ1) is 17.5. The van der Waals surface area contributed by atoms with Gasteiger partial charge in [-0.2, -0.15) is 0 Å². The maximum Gasteiger partial charge on any atom is 0.264 e. The summed E-state index contributed by atoms with van der Waals surface area (Å²) in [7, 11) is 0. The Kier molecular flexibility index (Phi) is 5.21. The molecule has 5 nitrogen and oxygen atoms in total. The summed E-state index contributed by atoms with van der Waals surface area (Å²) in [6.07, 6.45) is 9.61. The molecule has 1 saturated heterocycles. The summed E-state index contributed by atoms with van der Waals surface area (Å²) in [5.41, 5.74) is 2.72. The number of hydrogen-bond acceptors (Lipinski definition) is 5. The van der Waals surface area contributed by atoms with Gasteiger partial charge in [-0.1, -0.05) is 36.4 Å². The predicted molar refractivity (Wildman–Crippen MR) is 106 cm³/mol. The Morgan fingerprint density at radius 1 is 1.31 bits per heavy atom. The van der Waals surface area contributed by atoms with Crippen molar-refractivity contribution in [3.8, 4) is 0 Å². The molecule has 7 heteroatoms. The Labute approximate surface area is 163 Å². The Bertz CT molecular complexity index is 902. The number of fused-ring (bicyclic) bond motifs is 1. The van der Waals surface area contributed by atoms with E-state index in [1.165, 1.54) is 11.8 Å². The van der Waals surface area contributed by atoms with Crippen molar-refractivity contribution in [2.24, 2.45) is 4.99 Å². The molecule has 2 aliphatic heterocycles. The van der Waals surface area contributed by atoms with Crippen molar-refractivity contribution in [1.29, 1.82) is 0 Å². The van der Waals surface area contributed by atoms with Gasteiger partial charge in [0.25, 0.3) is 5.91 Å². The molecule has 1 unspecified atom stereocenters. The fourth-order valence-corrected chi connectivity index (χ4v) is 3.94. The summed E-state index contributed by atoms with van der Waals surface area (Å²) in [6.45, 7) is 0.630. The van der Waals surface area contributed by atoms with E-state index in [0.29, 0.717) is 16.7 Å². The number of thioether (sulfide) groups is 1. The van der Waals surface area contributed by atoms with Crippen molar-refractivity contribution in [3.05, 3.63) is 75.2 Å². The van der Waals surface area contributed by atoms with Crippen LogP contribution in [0.3, 0.4) is 0 Å². The van der Waals surface area contributed by atoms with E-state index in [2.05, 4.69) is 26.2 Å². The standard InChI is InChI=1S/C19H15BrN2O3S/c20-14-6-2-3-7-15(14)21-19-22-18(23)17(26-19)9-12-10-24-11-25-16-8-4-1-5-13(12)16/h1-9,16H,10-11H2,(H,21,22,23). The van der Waals surface area contributed by atoms with Gasteiger partial charge < -0.3 is 14.8 Å². The first-order valence-corrected chi connectivity index (χ1v) is 9.63. The van der Waals surface area contributed by atoms with E-state index in [4.69, 9.17) is 9.47 Å². The highest BCUT2D eigenvalue weighted by Crippen LogP contribution is 2.32. The smallest absolute Gasteiger partial charge is 0.264 e. The lowest BCUT2D eigenvalue weighted by atomic mass is 9.98. The minimum atomic E-state index is -0.161. The van der Waals surface area contributed by atoms with Gasteiger partial charge >= 0.3 is 0 Å². The Morgan fingerprint density at radius 2 is 2.19 bits per heavy atom. The number of nitrogens with one attached hydrogen (secondary N) is 1. The molecule has 3 aliphatic rings. The molecule has 1 amide bonds. The molecule has 0 radical (unpaired) electrons. The van der Waals surface area contributed by atoms with Gasteiger partial charge in [-0.15, -0.1) is 0 Å². The fraction of sp³-hybridized carbons (Fsp3) is 0.158. The normalized spacial score (nSPS) is 25.6. The number of carbonyl (C=O) groups is 1. The maximum absolute atomic E-state index is 12.4. The summed E-state index contributed by atoms with van der Waals surface area (Å²) in [5, 5.41) is 3.37. The molecule has 4 rings (SSSR count). The SMILES string of the molecule is O=C1NC(=Nc2ccccc2Br)SC1=CC1=C2C=CC=CC2OCOC1. The molecule has 0 bridgehead atoms. The van der Waals surface area contributed by atoms with Gasteiger partial charge in [0.05, 0.1) is 17.2 Å². The monoisotopic (exact) mass is 430 g/mol. The zero-order chi connectivity index (χ0) is 17.9. The predicted octanol–water partition coefficient (Wildman–Crippen LogP) is 3.98. The maximum atomic E-state index is 12.4. The second-order valence-electron chi connectivity index (χ2n) is 5.71. The lowest BCUT2D eigenvalue weighted by molar-refractivity contribution is -0.115. The van der Waals surface area contributed by atoms with Gasteiger partial charge in [-0.05, 0) is 57.0 Å². The Hall–Kier alpha value is -1.93. The number of nitrogens with zero attached hydrogens (tertiary/aromatic N) is 1. The van der Waals surface area contributed by atoms with E-state index in [0.717, 1.165) is 21.3 Å². The van der Waals surface area contributed by atoms with Crippen molar-refractivity contribution in [1.82, 2.24) is 5.32 Å². The quantitative estimate of drug-likeness (QED) is 0.720. The highest BCUT2D eigenvalue weighted by molar-refractivity contribution is 9.10. The number of ether oxygens (including phenoxy) is 2. The zero-order valence-corrected chi connectivity index (χ0v) is 16.0. The highest BCUT2D eigenvalue weighted by atomic mass is 79.9. The molecule has 1 aromatic rings. The first-order chi connectivity index (χ1) is 12.7. The lowest BCUT2D eigenvalue weighted by Gasteiger charge is -2.16. The van der Waals surface area contributed by atoms with Crippen LogP contribution in [0.15, 0.2) is 80.2 Å². The zero-order valence-electron chi connectivity index (χ0n) is 13.6. The molecule has 1 aliphatic carbocycles. The summed E-state index contributed by atoms with van der Waals surface area (Å²) in [4.78, 5) is 17.5. The minimum Gasteiger partial charge on any atom is -0.351 e. The Balaban J connectivity index is 1.63. The molecule has 1 aromatic carbocycles. The second kappa shape index (κ2) is 7.75. The first-order valence-electron chi connectivity index (χ1n) is 8.02. The van der Waals surface area contributed by atoms with E-state index in [-0.39, 0.29) is 18.8 Å². The number of amides is 1. The molecule has 0 spiro atoms. The van der Waals surface area contributed by atoms with Crippen LogP contribution in [-0.4, -0.2) is 30.6 Å². The number of allylic oxidation sites excluding steroid dienone is 2. The van der Waals surface area contributed by atoms with Crippen LogP contribution in [0.2, 0.25) is 0 Å². The third kappa shape index (κ3) is 3.76. The lowest BCUT2D eigenvalue weighted by Crippen LogP contribution is -2.19. The minimum absolute atomic E-state index is 0.141. The molecular formula is C19H15BrN2O3S.